The van der Waals surface area contributed by atoms with Gasteiger partial charge in [0.15, 0.2) is 0 Å². The average Bonchev–Trinajstić information content (AvgIpc) is 3.02. The van der Waals surface area contributed by atoms with E-state index >= 15 is 0 Å². The van der Waals surface area contributed by atoms with E-state index in [0.717, 1.165) is 43.1 Å². The van der Waals surface area contributed by atoms with E-state index in [9.17, 15) is 18.5 Å². The maximum Gasteiger partial charge on any atom is 0.293 e. The van der Waals surface area contributed by atoms with Crippen molar-refractivity contribution in [3.05, 3.63) is 45.8 Å². The molecule has 0 saturated carbocycles. The van der Waals surface area contributed by atoms with Crippen molar-refractivity contribution in [3.63, 3.8) is 0 Å². The highest BCUT2D eigenvalue weighted by molar-refractivity contribution is 7.89. The van der Waals surface area contributed by atoms with Crippen molar-refractivity contribution in [1.82, 2.24) is 14.1 Å². The molecule has 0 bridgehead atoms. The molecule has 2 aromatic rings. The van der Waals surface area contributed by atoms with Crippen LogP contribution in [0.1, 0.15) is 37.1 Å². The molecular weight excluding hydrogens is 394 g/mol. The van der Waals surface area contributed by atoms with Gasteiger partial charge in [-0.05, 0) is 51.3 Å². The van der Waals surface area contributed by atoms with Crippen LogP contribution >= 0.6 is 0 Å². The Morgan fingerprint density at radius 1 is 1.17 bits per heavy atom. The van der Waals surface area contributed by atoms with Crippen molar-refractivity contribution < 1.29 is 13.3 Å². The standard InChI is InChI=1S/C19H27N5O4S/c1-15-13-16(2)23(21-15)12-6-9-20-18-8-7-17(14-19(18)24(25)26)29(27,28)22-10-4-3-5-11-22/h7-8,13-14,20H,3-6,9-12H2,1-2H3. The van der Waals surface area contributed by atoms with E-state index in [1.165, 1.54) is 16.4 Å². The van der Waals surface area contributed by atoms with Crippen LogP contribution in [-0.4, -0.2) is 47.1 Å². The normalized spacial score (nSPS) is 15.4. The van der Waals surface area contributed by atoms with Gasteiger partial charge in [-0.1, -0.05) is 6.42 Å². The summed E-state index contributed by atoms with van der Waals surface area (Å²) in [5, 5.41) is 19.0. The summed E-state index contributed by atoms with van der Waals surface area (Å²) >= 11 is 0. The van der Waals surface area contributed by atoms with E-state index in [1.807, 2.05) is 24.6 Å². The van der Waals surface area contributed by atoms with Gasteiger partial charge in [-0.15, -0.1) is 0 Å². The molecule has 0 unspecified atom stereocenters. The van der Waals surface area contributed by atoms with Crippen molar-refractivity contribution in [2.75, 3.05) is 25.0 Å². The average molecular weight is 422 g/mol. The fourth-order valence-corrected chi connectivity index (χ4v) is 5.12. The molecule has 0 amide bonds. The van der Waals surface area contributed by atoms with E-state index in [4.69, 9.17) is 0 Å². The molecule has 2 heterocycles. The van der Waals surface area contributed by atoms with Crippen molar-refractivity contribution in [3.8, 4) is 0 Å². The number of anilines is 1. The molecule has 1 aromatic carbocycles. The number of rotatable bonds is 8. The van der Waals surface area contributed by atoms with Gasteiger partial charge in [-0.2, -0.15) is 9.40 Å². The first-order valence-electron chi connectivity index (χ1n) is 9.82. The summed E-state index contributed by atoms with van der Waals surface area (Å²) in [5.41, 5.74) is 2.12. The van der Waals surface area contributed by atoms with Crippen molar-refractivity contribution in [1.29, 1.82) is 0 Å². The van der Waals surface area contributed by atoms with Crippen LogP contribution in [0.25, 0.3) is 0 Å². The lowest BCUT2D eigenvalue weighted by Gasteiger charge is -2.25. The van der Waals surface area contributed by atoms with Crippen LogP contribution < -0.4 is 5.32 Å². The quantitative estimate of drug-likeness (QED) is 0.398. The molecular formula is C19H27N5O4S. The SMILES string of the molecule is Cc1cc(C)n(CCCNc2ccc(S(=O)(=O)N3CCCCC3)cc2[N+](=O)[O-])n1. The number of nitro groups is 1. The van der Waals surface area contributed by atoms with Crippen LogP contribution in [0.4, 0.5) is 11.4 Å². The summed E-state index contributed by atoms with van der Waals surface area (Å²) in [7, 11) is -3.71. The number of benzene rings is 1. The van der Waals surface area contributed by atoms with Crippen molar-refractivity contribution in [2.45, 2.75) is 51.0 Å². The van der Waals surface area contributed by atoms with Gasteiger partial charge in [0, 0.05) is 37.9 Å². The monoisotopic (exact) mass is 421 g/mol. The van der Waals surface area contributed by atoms with Gasteiger partial charge >= 0.3 is 0 Å². The zero-order valence-corrected chi connectivity index (χ0v) is 17.6. The van der Waals surface area contributed by atoms with Crippen molar-refractivity contribution >= 4 is 21.4 Å². The lowest BCUT2D eigenvalue weighted by atomic mass is 10.2. The Hall–Kier alpha value is -2.46. The van der Waals surface area contributed by atoms with E-state index < -0.39 is 14.9 Å². The molecule has 9 nitrogen and oxygen atoms in total. The minimum Gasteiger partial charge on any atom is -0.379 e. The Morgan fingerprint density at radius 2 is 1.90 bits per heavy atom. The number of nitrogens with zero attached hydrogens (tertiary/aromatic N) is 4. The molecule has 1 aliphatic heterocycles. The van der Waals surface area contributed by atoms with Crippen LogP contribution in [-0.2, 0) is 16.6 Å². The molecule has 0 aliphatic carbocycles. The minimum absolute atomic E-state index is 0.0284. The first kappa shape index (κ1) is 21.3. The van der Waals surface area contributed by atoms with Gasteiger partial charge in [0.2, 0.25) is 10.0 Å². The second-order valence-corrected chi connectivity index (χ2v) is 9.27. The van der Waals surface area contributed by atoms with Crippen molar-refractivity contribution in [2.24, 2.45) is 0 Å². The predicted octanol–water partition coefficient (Wildman–Crippen LogP) is 3.08. The fraction of sp³-hybridized carbons (Fsp3) is 0.526. The number of aromatic nitrogens is 2. The van der Waals surface area contributed by atoms with Gasteiger partial charge in [0.1, 0.15) is 5.69 Å². The lowest BCUT2D eigenvalue weighted by Crippen LogP contribution is -2.35. The van der Waals surface area contributed by atoms with E-state index in [0.29, 0.717) is 31.9 Å². The van der Waals surface area contributed by atoms with E-state index in [2.05, 4.69) is 10.4 Å². The number of hydrogen-bond acceptors (Lipinski definition) is 6. The summed E-state index contributed by atoms with van der Waals surface area (Å²) in [6, 6.07) is 6.09. The summed E-state index contributed by atoms with van der Waals surface area (Å²) < 4.78 is 28.9. The summed E-state index contributed by atoms with van der Waals surface area (Å²) in [5.74, 6) is 0. The second-order valence-electron chi connectivity index (χ2n) is 7.33. The third kappa shape index (κ3) is 4.94. The first-order valence-corrected chi connectivity index (χ1v) is 11.3. The highest BCUT2D eigenvalue weighted by atomic mass is 32.2. The Balaban J connectivity index is 1.69. The van der Waals surface area contributed by atoms with E-state index in [-0.39, 0.29) is 10.6 Å². The molecule has 10 heteroatoms. The Labute approximate surface area is 170 Å². The number of piperidine rings is 1. The van der Waals surface area contributed by atoms with Crippen LogP contribution in [0, 0.1) is 24.0 Å². The third-order valence-electron chi connectivity index (χ3n) is 5.08. The number of nitrogens with one attached hydrogen (secondary N) is 1. The Kier molecular flexibility index (Phi) is 6.53. The molecule has 0 radical (unpaired) electrons. The Bertz CT molecular complexity index is 980. The lowest BCUT2D eigenvalue weighted by molar-refractivity contribution is -0.384. The molecule has 29 heavy (non-hydrogen) atoms. The van der Waals surface area contributed by atoms with Gasteiger partial charge in [0.25, 0.3) is 5.69 Å². The zero-order chi connectivity index (χ0) is 21.0. The Morgan fingerprint density at radius 3 is 2.52 bits per heavy atom. The van der Waals surface area contributed by atoms with Gasteiger partial charge in [0.05, 0.1) is 15.5 Å². The maximum absolute atomic E-state index is 12.8. The smallest absolute Gasteiger partial charge is 0.293 e. The number of nitro benzene ring substituents is 1. The molecule has 0 spiro atoms. The number of hydrogen-bond donors (Lipinski definition) is 1. The van der Waals surface area contributed by atoms with Crippen LogP contribution in [0.3, 0.4) is 0 Å². The summed E-state index contributed by atoms with van der Waals surface area (Å²) in [4.78, 5) is 11.0. The van der Waals surface area contributed by atoms with Gasteiger partial charge < -0.3 is 5.32 Å². The largest absolute Gasteiger partial charge is 0.379 e. The topological polar surface area (TPSA) is 110 Å². The van der Waals surface area contributed by atoms with Crippen LogP contribution in [0.5, 0.6) is 0 Å². The molecule has 158 valence electrons. The second kappa shape index (κ2) is 8.91. The fourth-order valence-electron chi connectivity index (χ4n) is 3.58. The maximum atomic E-state index is 12.8. The van der Waals surface area contributed by atoms with Crippen LogP contribution in [0.15, 0.2) is 29.2 Å². The zero-order valence-electron chi connectivity index (χ0n) is 16.8. The van der Waals surface area contributed by atoms with Gasteiger partial charge in [-0.3, -0.25) is 14.8 Å². The summed E-state index contributed by atoms with van der Waals surface area (Å²) in [6.45, 7) is 6.05. The molecule has 3 rings (SSSR count). The number of sulfonamides is 1. The molecule has 1 aromatic heterocycles. The van der Waals surface area contributed by atoms with Gasteiger partial charge in [-0.25, -0.2) is 8.42 Å². The predicted molar refractivity (Wildman–Crippen MR) is 111 cm³/mol. The minimum atomic E-state index is -3.71. The highest BCUT2D eigenvalue weighted by Crippen LogP contribution is 2.30. The van der Waals surface area contributed by atoms with Crippen LogP contribution in [0.2, 0.25) is 0 Å². The highest BCUT2D eigenvalue weighted by Gasteiger charge is 2.28. The molecule has 0 atom stereocenters. The first-order chi connectivity index (χ1) is 13.8. The third-order valence-corrected chi connectivity index (χ3v) is 6.98. The molecule has 1 aliphatic rings. The molecule has 1 fully saturated rings. The number of aryl methyl sites for hydroxylation is 3. The summed E-state index contributed by atoms with van der Waals surface area (Å²) in [6.07, 6.45) is 3.37. The van der Waals surface area contributed by atoms with E-state index in [1.54, 1.807) is 0 Å². The molecule has 1 N–H and O–H groups in total. The molecule has 1 saturated heterocycles.